The first-order valence-electron chi connectivity index (χ1n) is 5.84. The topological polar surface area (TPSA) is 98.7 Å². The highest BCUT2D eigenvalue weighted by atomic mass is 16.6. The lowest BCUT2D eigenvalue weighted by molar-refractivity contribution is -0.384. The number of nitrogens with zero attached hydrogens (tertiary/aromatic N) is 2. The maximum atomic E-state index is 12.3. The van der Waals surface area contributed by atoms with Crippen molar-refractivity contribution < 1.29 is 14.5 Å². The molecule has 0 atom stereocenters. The summed E-state index contributed by atoms with van der Waals surface area (Å²) in [7, 11) is 1.53. The number of ether oxygens (including phenoxy) is 1. The highest BCUT2D eigenvalue weighted by Gasteiger charge is 2.26. The van der Waals surface area contributed by atoms with Gasteiger partial charge in [-0.2, -0.15) is 0 Å². The Hall–Kier alpha value is -2.15. The molecular weight excluding hydrogens is 250 g/mol. The van der Waals surface area contributed by atoms with Crippen molar-refractivity contribution in [3.8, 4) is 0 Å². The van der Waals surface area contributed by atoms with E-state index in [4.69, 9.17) is 10.5 Å². The summed E-state index contributed by atoms with van der Waals surface area (Å²) in [6.45, 7) is 2.98. The fourth-order valence-electron chi connectivity index (χ4n) is 1.71. The predicted octanol–water partition coefficient (Wildman–Crippen LogP) is 1.29. The number of benzene rings is 1. The minimum absolute atomic E-state index is 0.00273. The molecule has 0 saturated carbocycles. The molecule has 0 heterocycles. The van der Waals surface area contributed by atoms with Crippen molar-refractivity contribution in [2.75, 3.05) is 32.5 Å². The van der Waals surface area contributed by atoms with Crippen LogP contribution >= 0.6 is 0 Å². The number of nitro benzene ring substituents is 1. The number of carbonyl (C=O) groups excluding carboxylic acids is 1. The zero-order valence-corrected chi connectivity index (χ0v) is 11.0. The van der Waals surface area contributed by atoms with Gasteiger partial charge in [-0.1, -0.05) is 6.07 Å². The zero-order chi connectivity index (χ0) is 14.4. The number of anilines is 1. The fourth-order valence-corrected chi connectivity index (χ4v) is 1.71. The number of hydrogen-bond donors (Lipinski definition) is 1. The summed E-state index contributed by atoms with van der Waals surface area (Å²) in [4.78, 5) is 24.1. The number of amides is 1. The summed E-state index contributed by atoms with van der Waals surface area (Å²) in [5.41, 5.74) is 5.21. The maximum Gasteiger partial charge on any atom is 0.304 e. The Labute approximate surface area is 111 Å². The van der Waals surface area contributed by atoms with E-state index in [2.05, 4.69) is 0 Å². The first-order chi connectivity index (χ1) is 9.02. The van der Waals surface area contributed by atoms with Crippen LogP contribution < -0.4 is 5.73 Å². The lowest BCUT2D eigenvalue weighted by atomic mass is 10.1. The molecule has 1 aromatic carbocycles. The molecule has 0 aliphatic heterocycles. The average molecular weight is 267 g/mol. The van der Waals surface area contributed by atoms with Crippen molar-refractivity contribution in [2.45, 2.75) is 6.92 Å². The largest absolute Gasteiger partial charge is 0.393 e. The predicted molar refractivity (Wildman–Crippen MR) is 71.0 cm³/mol. The van der Waals surface area contributed by atoms with E-state index < -0.39 is 10.8 Å². The second-order valence-electron chi connectivity index (χ2n) is 3.88. The minimum atomic E-state index is -0.632. The average Bonchev–Trinajstić information content (AvgIpc) is 2.38. The van der Waals surface area contributed by atoms with Crippen molar-refractivity contribution >= 4 is 17.3 Å². The molecule has 1 rings (SSSR count). The fraction of sp³-hybridized carbons (Fsp3) is 0.417. The van der Waals surface area contributed by atoms with E-state index in [0.29, 0.717) is 19.7 Å². The molecular formula is C12H17N3O4. The van der Waals surface area contributed by atoms with Crippen LogP contribution in [0.1, 0.15) is 17.3 Å². The Morgan fingerprint density at radius 1 is 1.53 bits per heavy atom. The number of rotatable bonds is 6. The lowest BCUT2D eigenvalue weighted by Crippen LogP contribution is -2.34. The van der Waals surface area contributed by atoms with Crippen molar-refractivity contribution in [3.05, 3.63) is 33.9 Å². The van der Waals surface area contributed by atoms with Gasteiger partial charge in [0, 0.05) is 20.2 Å². The number of nitrogens with two attached hydrogens (primary N) is 1. The Kier molecular flexibility index (Phi) is 5.25. The van der Waals surface area contributed by atoms with Crippen LogP contribution in [0.15, 0.2) is 18.2 Å². The first kappa shape index (κ1) is 14.9. The Balaban J connectivity index is 3.11. The first-order valence-corrected chi connectivity index (χ1v) is 5.84. The second-order valence-corrected chi connectivity index (χ2v) is 3.88. The second kappa shape index (κ2) is 6.69. The summed E-state index contributed by atoms with van der Waals surface area (Å²) >= 11 is 0. The van der Waals surface area contributed by atoms with Crippen molar-refractivity contribution in [3.63, 3.8) is 0 Å². The number of hydrogen-bond acceptors (Lipinski definition) is 5. The van der Waals surface area contributed by atoms with E-state index in [9.17, 15) is 14.9 Å². The molecule has 0 saturated heterocycles. The minimum Gasteiger partial charge on any atom is -0.393 e. The molecule has 0 bridgehead atoms. The van der Waals surface area contributed by atoms with E-state index in [-0.39, 0.29) is 16.9 Å². The number of likely N-dealkylation sites (N-methyl/N-ethyl adjacent to an activating group) is 1. The van der Waals surface area contributed by atoms with E-state index in [0.717, 1.165) is 0 Å². The van der Waals surface area contributed by atoms with Gasteiger partial charge in [0.15, 0.2) is 0 Å². The van der Waals surface area contributed by atoms with E-state index in [1.165, 1.54) is 30.2 Å². The molecule has 0 unspecified atom stereocenters. The van der Waals surface area contributed by atoms with Gasteiger partial charge in [-0.15, -0.1) is 0 Å². The van der Waals surface area contributed by atoms with Crippen LogP contribution in [0.4, 0.5) is 11.4 Å². The normalized spacial score (nSPS) is 10.2. The van der Waals surface area contributed by atoms with Crippen molar-refractivity contribution in [2.24, 2.45) is 0 Å². The molecule has 7 heteroatoms. The molecule has 1 amide bonds. The smallest absolute Gasteiger partial charge is 0.304 e. The number of methoxy groups -OCH3 is 1. The van der Waals surface area contributed by atoms with Crippen LogP contribution in [0.3, 0.4) is 0 Å². The third-order valence-electron chi connectivity index (χ3n) is 2.71. The van der Waals surface area contributed by atoms with Gasteiger partial charge in [-0.05, 0) is 19.1 Å². The molecule has 2 N–H and O–H groups in total. The lowest BCUT2D eigenvalue weighted by Gasteiger charge is -2.20. The van der Waals surface area contributed by atoms with Crippen LogP contribution in [0, 0.1) is 10.1 Å². The molecule has 1 aromatic rings. The van der Waals surface area contributed by atoms with Gasteiger partial charge < -0.3 is 15.4 Å². The Bertz CT molecular complexity index is 476. The summed E-state index contributed by atoms with van der Waals surface area (Å²) in [6.07, 6.45) is 0. The van der Waals surface area contributed by atoms with Crippen LogP contribution in [-0.2, 0) is 4.74 Å². The van der Waals surface area contributed by atoms with E-state index in [1.807, 2.05) is 0 Å². The van der Waals surface area contributed by atoms with Gasteiger partial charge in [-0.25, -0.2) is 0 Å². The molecule has 7 nitrogen and oxygen atoms in total. The quantitative estimate of drug-likeness (QED) is 0.475. The van der Waals surface area contributed by atoms with Crippen LogP contribution in [-0.4, -0.2) is 42.5 Å². The van der Waals surface area contributed by atoms with Gasteiger partial charge in [0.05, 0.1) is 11.5 Å². The van der Waals surface area contributed by atoms with Crippen LogP contribution in [0.25, 0.3) is 0 Å². The molecule has 0 fully saturated rings. The standard InChI is InChI=1S/C12H17N3O4/c1-3-14(7-8-19-2)12(16)9-5-4-6-10(13)11(9)15(17)18/h4-6H,3,7-8,13H2,1-2H3. The monoisotopic (exact) mass is 267 g/mol. The highest BCUT2D eigenvalue weighted by Crippen LogP contribution is 2.26. The number of nitrogen functional groups attached to an aromatic ring is 1. The molecule has 19 heavy (non-hydrogen) atoms. The maximum absolute atomic E-state index is 12.3. The van der Waals surface area contributed by atoms with Gasteiger partial charge in [0.2, 0.25) is 0 Å². The summed E-state index contributed by atoms with van der Waals surface area (Å²) in [5, 5.41) is 11.0. The molecule has 0 radical (unpaired) electrons. The summed E-state index contributed by atoms with van der Waals surface area (Å²) < 4.78 is 4.91. The Morgan fingerprint density at radius 3 is 2.74 bits per heavy atom. The van der Waals surface area contributed by atoms with Gasteiger partial charge in [0.25, 0.3) is 5.91 Å². The molecule has 0 aliphatic carbocycles. The summed E-state index contributed by atoms with van der Waals surface area (Å²) in [5.74, 6) is -0.418. The van der Waals surface area contributed by atoms with Gasteiger partial charge in [-0.3, -0.25) is 14.9 Å². The highest BCUT2D eigenvalue weighted by molar-refractivity contribution is 6.00. The molecule has 104 valence electrons. The SMILES string of the molecule is CCN(CCOC)C(=O)c1cccc(N)c1[N+](=O)[O-]. The van der Waals surface area contributed by atoms with Crippen molar-refractivity contribution in [1.29, 1.82) is 0 Å². The third-order valence-corrected chi connectivity index (χ3v) is 2.71. The number of nitro groups is 1. The van der Waals surface area contributed by atoms with E-state index >= 15 is 0 Å². The zero-order valence-electron chi connectivity index (χ0n) is 11.0. The van der Waals surface area contributed by atoms with Crippen LogP contribution in [0.2, 0.25) is 0 Å². The van der Waals surface area contributed by atoms with E-state index in [1.54, 1.807) is 6.92 Å². The molecule has 0 spiro atoms. The number of para-hydroxylation sites is 1. The van der Waals surface area contributed by atoms with Crippen LogP contribution in [0.5, 0.6) is 0 Å². The van der Waals surface area contributed by atoms with Gasteiger partial charge >= 0.3 is 5.69 Å². The van der Waals surface area contributed by atoms with Crippen molar-refractivity contribution in [1.82, 2.24) is 4.90 Å². The molecule has 0 aliphatic rings. The van der Waals surface area contributed by atoms with Gasteiger partial charge in [0.1, 0.15) is 11.3 Å². The molecule has 0 aromatic heterocycles. The number of carbonyl (C=O) groups is 1. The summed E-state index contributed by atoms with van der Waals surface area (Å²) in [6, 6.07) is 4.34. The Morgan fingerprint density at radius 2 is 2.21 bits per heavy atom. The third kappa shape index (κ3) is 3.41.